The number of carbonyl (C=O) groups is 1. The number of thiophene rings is 1. The molecule has 4 nitrogen and oxygen atoms in total. The Morgan fingerprint density at radius 3 is 2.62 bits per heavy atom. The van der Waals surface area contributed by atoms with E-state index in [9.17, 15) is 4.79 Å². The monoisotopic (exact) mass is 380 g/mol. The van der Waals surface area contributed by atoms with Crippen LogP contribution in [0.15, 0.2) is 0 Å². The van der Waals surface area contributed by atoms with Crippen LogP contribution >= 0.6 is 11.3 Å². The van der Waals surface area contributed by atoms with E-state index in [0.717, 1.165) is 36.4 Å². The summed E-state index contributed by atoms with van der Waals surface area (Å²) in [5.74, 6) is 0.0888. The van der Waals surface area contributed by atoms with Gasteiger partial charge in [0.15, 0.2) is 0 Å². The molecule has 2 rings (SSSR count). The number of rotatable bonds is 13. The van der Waals surface area contributed by atoms with Crippen molar-refractivity contribution in [2.75, 3.05) is 32.1 Å². The largest absolute Gasteiger partial charge is 0.385 e. The van der Waals surface area contributed by atoms with Gasteiger partial charge in [-0.25, -0.2) is 0 Å². The van der Waals surface area contributed by atoms with Gasteiger partial charge in [0.05, 0.1) is 5.56 Å². The minimum Gasteiger partial charge on any atom is -0.385 e. The van der Waals surface area contributed by atoms with E-state index in [-0.39, 0.29) is 5.91 Å². The molecule has 0 atom stereocenters. The third-order valence-electron chi connectivity index (χ3n) is 5.03. The molecule has 0 aliphatic heterocycles. The molecular formula is C21H36N2O2S. The molecule has 0 bridgehead atoms. The predicted octanol–water partition coefficient (Wildman–Crippen LogP) is 5.17. The van der Waals surface area contributed by atoms with Crippen molar-refractivity contribution in [2.24, 2.45) is 0 Å². The molecule has 0 saturated heterocycles. The number of methoxy groups -OCH3 is 1. The molecule has 0 spiro atoms. The first-order valence-corrected chi connectivity index (χ1v) is 11.2. The minimum absolute atomic E-state index is 0.0888. The lowest BCUT2D eigenvalue weighted by Crippen LogP contribution is -2.27. The number of unbranched alkanes of at least 4 members (excludes halogenated alkanes) is 5. The summed E-state index contributed by atoms with van der Waals surface area (Å²) >= 11 is 1.81. The van der Waals surface area contributed by atoms with Crippen LogP contribution in [0.2, 0.25) is 0 Å². The fraction of sp³-hybridized carbons (Fsp3) is 0.762. The number of carbonyl (C=O) groups excluding carboxylic acids is 1. The molecule has 1 aliphatic rings. The molecule has 1 amide bonds. The second-order valence-electron chi connectivity index (χ2n) is 7.21. The fourth-order valence-electron chi connectivity index (χ4n) is 3.54. The maximum Gasteiger partial charge on any atom is 0.254 e. The SMILES string of the molecule is CCCCCCCCNc1sc2c(c1C(=O)NCCCOC)CCCC2. The zero-order valence-corrected chi connectivity index (χ0v) is 17.4. The first kappa shape index (κ1) is 21.2. The van der Waals surface area contributed by atoms with Crippen LogP contribution < -0.4 is 10.6 Å². The molecule has 26 heavy (non-hydrogen) atoms. The van der Waals surface area contributed by atoms with Crippen LogP contribution in [0.3, 0.4) is 0 Å². The van der Waals surface area contributed by atoms with Gasteiger partial charge in [0, 0.05) is 31.7 Å². The van der Waals surface area contributed by atoms with E-state index in [1.165, 1.54) is 61.8 Å². The zero-order valence-electron chi connectivity index (χ0n) is 16.6. The van der Waals surface area contributed by atoms with Gasteiger partial charge in [-0.1, -0.05) is 39.0 Å². The lowest BCUT2D eigenvalue weighted by molar-refractivity contribution is 0.0948. The van der Waals surface area contributed by atoms with Crippen LogP contribution in [0.25, 0.3) is 0 Å². The minimum atomic E-state index is 0.0888. The molecule has 0 radical (unpaired) electrons. The molecule has 1 aromatic heterocycles. The Morgan fingerprint density at radius 2 is 1.81 bits per heavy atom. The van der Waals surface area contributed by atoms with E-state index in [4.69, 9.17) is 4.74 Å². The highest BCUT2D eigenvalue weighted by atomic mass is 32.1. The Balaban J connectivity index is 1.90. The molecule has 0 unspecified atom stereocenters. The van der Waals surface area contributed by atoms with Gasteiger partial charge in [0.2, 0.25) is 0 Å². The average Bonchev–Trinajstić information content (AvgIpc) is 3.02. The predicted molar refractivity (Wildman–Crippen MR) is 112 cm³/mol. The van der Waals surface area contributed by atoms with Gasteiger partial charge in [-0.15, -0.1) is 11.3 Å². The molecule has 5 heteroatoms. The van der Waals surface area contributed by atoms with Crippen molar-refractivity contribution in [1.82, 2.24) is 5.32 Å². The van der Waals surface area contributed by atoms with Crippen molar-refractivity contribution < 1.29 is 9.53 Å². The average molecular weight is 381 g/mol. The lowest BCUT2D eigenvalue weighted by Gasteiger charge is -2.13. The van der Waals surface area contributed by atoms with Crippen molar-refractivity contribution in [3.8, 4) is 0 Å². The first-order chi connectivity index (χ1) is 12.8. The Hall–Kier alpha value is -1.07. The van der Waals surface area contributed by atoms with Crippen molar-refractivity contribution in [1.29, 1.82) is 0 Å². The molecular weight excluding hydrogens is 344 g/mol. The van der Waals surface area contributed by atoms with Crippen LogP contribution in [0.1, 0.15) is 85.5 Å². The molecule has 0 fully saturated rings. The second kappa shape index (κ2) is 12.3. The first-order valence-electron chi connectivity index (χ1n) is 10.4. The van der Waals surface area contributed by atoms with Gasteiger partial charge in [0.1, 0.15) is 5.00 Å². The van der Waals surface area contributed by atoms with Gasteiger partial charge in [-0.05, 0) is 44.1 Å². The molecule has 2 N–H and O–H groups in total. The number of fused-ring (bicyclic) bond motifs is 1. The van der Waals surface area contributed by atoms with Crippen LogP contribution in [0.5, 0.6) is 0 Å². The molecule has 148 valence electrons. The smallest absolute Gasteiger partial charge is 0.254 e. The molecule has 1 heterocycles. The van der Waals surface area contributed by atoms with E-state index < -0.39 is 0 Å². The summed E-state index contributed by atoms with van der Waals surface area (Å²) in [6.07, 6.45) is 13.2. The van der Waals surface area contributed by atoms with E-state index in [2.05, 4.69) is 17.6 Å². The summed E-state index contributed by atoms with van der Waals surface area (Å²) in [6, 6.07) is 0. The summed E-state index contributed by atoms with van der Waals surface area (Å²) < 4.78 is 5.07. The quantitative estimate of drug-likeness (QED) is 0.464. The fourth-order valence-corrected chi connectivity index (χ4v) is 4.86. The molecule has 0 aromatic carbocycles. The number of hydrogen-bond acceptors (Lipinski definition) is 4. The molecule has 1 aliphatic carbocycles. The van der Waals surface area contributed by atoms with Crippen LogP contribution in [0, 0.1) is 0 Å². The van der Waals surface area contributed by atoms with Crippen LogP contribution in [-0.2, 0) is 17.6 Å². The third kappa shape index (κ3) is 6.58. The van der Waals surface area contributed by atoms with Crippen molar-refractivity contribution >= 4 is 22.2 Å². The van der Waals surface area contributed by atoms with Crippen LogP contribution in [-0.4, -0.2) is 32.7 Å². The van der Waals surface area contributed by atoms with Crippen molar-refractivity contribution in [3.05, 3.63) is 16.0 Å². The van der Waals surface area contributed by atoms with Gasteiger partial charge in [-0.3, -0.25) is 4.79 Å². The highest BCUT2D eigenvalue weighted by Gasteiger charge is 2.24. The number of anilines is 1. The number of aryl methyl sites for hydroxylation is 1. The summed E-state index contributed by atoms with van der Waals surface area (Å²) in [5.41, 5.74) is 2.23. The number of amides is 1. The summed E-state index contributed by atoms with van der Waals surface area (Å²) in [7, 11) is 1.70. The topological polar surface area (TPSA) is 50.4 Å². The summed E-state index contributed by atoms with van der Waals surface area (Å²) in [4.78, 5) is 14.2. The Bertz CT molecular complexity index is 542. The summed E-state index contributed by atoms with van der Waals surface area (Å²) in [5, 5.41) is 7.75. The van der Waals surface area contributed by atoms with E-state index >= 15 is 0 Å². The Morgan fingerprint density at radius 1 is 1.04 bits per heavy atom. The second-order valence-corrected chi connectivity index (χ2v) is 8.32. The maximum absolute atomic E-state index is 12.8. The molecule has 0 saturated carbocycles. The summed E-state index contributed by atoms with van der Waals surface area (Å²) in [6.45, 7) is 4.58. The zero-order chi connectivity index (χ0) is 18.6. The van der Waals surface area contributed by atoms with Gasteiger partial charge >= 0.3 is 0 Å². The highest BCUT2D eigenvalue weighted by Crippen LogP contribution is 2.38. The van der Waals surface area contributed by atoms with Crippen LogP contribution in [0.4, 0.5) is 5.00 Å². The highest BCUT2D eigenvalue weighted by molar-refractivity contribution is 7.16. The molecule has 1 aromatic rings. The number of hydrogen-bond donors (Lipinski definition) is 2. The normalized spacial score (nSPS) is 13.5. The van der Waals surface area contributed by atoms with E-state index in [0.29, 0.717) is 13.2 Å². The Kier molecular flexibility index (Phi) is 10.1. The number of nitrogens with one attached hydrogen (secondary N) is 2. The van der Waals surface area contributed by atoms with Gasteiger partial charge in [0.25, 0.3) is 5.91 Å². The maximum atomic E-state index is 12.8. The van der Waals surface area contributed by atoms with Gasteiger partial charge < -0.3 is 15.4 Å². The Labute approximate surface area is 163 Å². The van der Waals surface area contributed by atoms with Crippen molar-refractivity contribution in [3.63, 3.8) is 0 Å². The van der Waals surface area contributed by atoms with E-state index in [1.54, 1.807) is 7.11 Å². The van der Waals surface area contributed by atoms with Crippen molar-refractivity contribution in [2.45, 2.75) is 77.6 Å². The van der Waals surface area contributed by atoms with E-state index in [1.807, 2.05) is 11.3 Å². The lowest BCUT2D eigenvalue weighted by atomic mass is 9.95. The third-order valence-corrected chi connectivity index (χ3v) is 6.27. The number of ether oxygens (including phenoxy) is 1. The van der Waals surface area contributed by atoms with Gasteiger partial charge in [-0.2, -0.15) is 0 Å². The standard InChI is InChI=1S/C21H36N2O2S/c1-3-4-5-6-7-10-14-23-21-19(20(24)22-15-11-16-25-2)17-12-8-9-13-18(17)26-21/h23H,3-16H2,1-2H3,(H,22,24).